The normalized spacial score (nSPS) is 11.3. The van der Waals surface area contributed by atoms with Gasteiger partial charge in [-0.1, -0.05) is 0 Å². The van der Waals surface area contributed by atoms with E-state index in [1.165, 1.54) is 6.07 Å². The molecule has 7 heteroatoms. The summed E-state index contributed by atoms with van der Waals surface area (Å²) in [6.45, 7) is -0.557. The maximum absolute atomic E-state index is 12.9. The molecule has 0 fully saturated rings. The lowest BCUT2D eigenvalue weighted by molar-refractivity contribution is -0.132. The minimum Gasteiger partial charge on any atom is -0.399 e. The average Bonchev–Trinajstić information content (AvgIpc) is 2.13. The molecule has 0 spiro atoms. The van der Waals surface area contributed by atoms with Crippen LogP contribution in [0.2, 0.25) is 0 Å². The van der Waals surface area contributed by atoms with E-state index >= 15 is 0 Å². The highest BCUT2D eigenvalue weighted by Crippen LogP contribution is 2.18. The summed E-state index contributed by atoms with van der Waals surface area (Å²) >= 11 is 0. The van der Waals surface area contributed by atoms with Gasteiger partial charge in [-0.05, 0) is 18.2 Å². The van der Waals surface area contributed by atoms with Gasteiger partial charge in [0.15, 0.2) is 0 Å². The fourth-order valence-electron chi connectivity index (χ4n) is 1.16. The van der Waals surface area contributed by atoms with Crippen LogP contribution >= 0.6 is 0 Å². The molecule has 1 amide bonds. The van der Waals surface area contributed by atoms with Gasteiger partial charge in [0.05, 0.1) is 6.42 Å². The second kappa shape index (κ2) is 5.03. The second-order valence-electron chi connectivity index (χ2n) is 3.39. The molecule has 17 heavy (non-hydrogen) atoms. The molecule has 0 bridgehead atoms. The number of nitrogens with two attached hydrogens (primary N) is 1. The Hall–Kier alpha value is -1.79. The Morgan fingerprint density at radius 1 is 1.29 bits per heavy atom. The van der Waals surface area contributed by atoms with Crippen molar-refractivity contribution in [3.8, 4) is 0 Å². The van der Waals surface area contributed by atoms with Crippen LogP contribution in [0.1, 0.15) is 16.8 Å². The SMILES string of the molecule is Nc1cc(F)cc(C(=O)NCCC(F)(F)F)c1. The first kappa shape index (κ1) is 13.3. The van der Waals surface area contributed by atoms with Gasteiger partial charge in [0.2, 0.25) is 0 Å². The van der Waals surface area contributed by atoms with E-state index in [1.54, 1.807) is 0 Å². The number of rotatable bonds is 3. The summed E-state index contributed by atoms with van der Waals surface area (Å²) in [5, 5.41) is 2.03. The molecule has 0 aromatic heterocycles. The first-order valence-corrected chi connectivity index (χ1v) is 4.69. The number of hydrogen-bond donors (Lipinski definition) is 2. The van der Waals surface area contributed by atoms with Gasteiger partial charge in [0.25, 0.3) is 5.91 Å². The van der Waals surface area contributed by atoms with Crippen LogP contribution in [-0.2, 0) is 0 Å². The Morgan fingerprint density at radius 3 is 2.47 bits per heavy atom. The average molecular weight is 250 g/mol. The Labute approximate surface area is 94.6 Å². The van der Waals surface area contributed by atoms with Crippen molar-refractivity contribution in [2.24, 2.45) is 0 Å². The molecule has 0 saturated heterocycles. The van der Waals surface area contributed by atoms with E-state index in [-0.39, 0.29) is 11.3 Å². The number of benzene rings is 1. The summed E-state index contributed by atoms with van der Waals surface area (Å²) in [6.07, 6.45) is -5.47. The number of carbonyl (C=O) groups is 1. The summed E-state index contributed by atoms with van der Waals surface area (Å²) in [5.74, 6) is -1.51. The van der Waals surface area contributed by atoms with Crippen molar-refractivity contribution in [1.29, 1.82) is 0 Å². The lowest BCUT2D eigenvalue weighted by Crippen LogP contribution is -2.28. The lowest BCUT2D eigenvalue weighted by atomic mass is 10.2. The molecule has 3 nitrogen and oxygen atoms in total. The second-order valence-corrected chi connectivity index (χ2v) is 3.39. The van der Waals surface area contributed by atoms with Crippen LogP contribution in [0.4, 0.5) is 23.2 Å². The number of nitrogen functional groups attached to an aromatic ring is 1. The third kappa shape index (κ3) is 4.71. The van der Waals surface area contributed by atoms with Gasteiger partial charge < -0.3 is 11.1 Å². The minimum absolute atomic E-state index is 0.0333. The van der Waals surface area contributed by atoms with Crippen LogP contribution < -0.4 is 11.1 Å². The van der Waals surface area contributed by atoms with Crippen molar-refractivity contribution in [1.82, 2.24) is 5.32 Å². The van der Waals surface area contributed by atoms with Crippen LogP contribution in [0.25, 0.3) is 0 Å². The Kier molecular flexibility index (Phi) is 3.93. The van der Waals surface area contributed by atoms with Crippen LogP contribution in [0.3, 0.4) is 0 Å². The fraction of sp³-hybridized carbons (Fsp3) is 0.300. The topological polar surface area (TPSA) is 55.1 Å². The van der Waals surface area contributed by atoms with Crippen molar-refractivity contribution in [3.05, 3.63) is 29.6 Å². The molecule has 3 N–H and O–H groups in total. The number of halogens is 4. The molecule has 0 aliphatic carbocycles. The summed E-state index contributed by atoms with van der Waals surface area (Å²) < 4.78 is 48.3. The molecule has 0 radical (unpaired) electrons. The number of carbonyl (C=O) groups excluding carboxylic acids is 1. The molecule has 0 heterocycles. The number of amides is 1. The van der Waals surface area contributed by atoms with E-state index in [9.17, 15) is 22.4 Å². The van der Waals surface area contributed by atoms with Gasteiger partial charge in [-0.2, -0.15) is 13.2 Å². The van der Waals surface area contributed by atoms with Gasteiger partial charge in [-0.25, -0.2) is 4.39 Å². The predicted molar refractivity (Wildman–Crippen MR) is 53.8 cm³/mol. The van der Waals surface area contributed by atoms with Gasteiger partial charge in [-0.3, -0.25) is 4.79 Å². The first-order valence-electron chi connectivity index (χ1n) is 4.69. The summed E-state index contributed by atoms with van der Waals surface area (Å²) in [4.78, 5) is 11.3. The fourth-order valence-corrected chi connectivity index (χ4v) is 1.16. The first-order chi connectivity index (χ1) is 7.78. The zero-order valence-corrected chi connectivity index (χ0v) is 8.64. The maximum atomic E-state index is 12.9. The van der Waals surface area contributed by atoms with Gasteiger partial charge in [0.1, 0.15) is 5.82 Å². The zero-order valence-electron chi connectivity index (χ0n) is 8.64. The van der Waals surface area contributed by atoms with E-state index in [0.717, 1.165) is 12.1 Å². The zero-order chi connectivity index (χ0) is 13.1. The van der Waals surface area contributed by atoms with Crippen molar-refractivity contribution in [2.75, 3.05) is 12.3 Å². The highest BCUT2D eigenvalue weighted by molar-refractivity contribution is 5.95. The van der Waals surface area contributed by atoms with Crippen molar-refractivity contribution < 1.29 is 22.4 Å². The minimum atomic E-state index is -4.34. The molecule has 0 saturated carbocycles. The Balaban J connectivity index is 2.58. The van der Waals surface area contributed by atoms with E-state index in [0.29, 0.717) is 0 Å². The standard InChI is InChI=1S/C10H10F4N2O/c11-7-3-6(4-8(15)5-7)9(17)16-2-1-10(12,13)14/h3-5H,1-2,15H2,(H,16,17). The van der Waals surface area contributed by atoms with E-state index in [2.05, 4.69) is 0 Å². The highest BCUT2D eigenvalue weighted by Gasteiger charge is 2.26. The van der Waals surface area contributed by atoms with E-state index < -0.39 is 30.9 Å². The summed E-state index contributed by atoms with van der Waals surface area (Å²) in [5.41, 5.74) is 5.22. The summed E-state index contributed by atoms with van der Waals surface area (Å²) in [6, 6.07) is 3.10. The van der Waals surface area contributed by atoms with E-state index in [4.69, 9.17) is 5.73 Å². The highest BCUT2D eigenvalue weighted by atomic mass is 19.4. The Bertz CT molecular complexity index is 397. The van der Waals surface area contributed by atoms with Crippen LogP contribution in [-0.4, -0.2) is 18.6 Å². The van der Waals surface area contributed by atoms with Crippen LogP contribution in [0.5, 0.6) is 0 Å². The molecule has 0 unspecified atom stereocenters. The number of anilines is 1. The molecule has 0 aliphatic heterocycles. The molecule has 1 aromatic carbocycles. The van der Waals surface area contributed by atoms with Crippen molar-refractivity contribution >= 4 is 11.6 Å². The number of alkyl halides is 3. The van der Waals surface area contributed by atoms with Crippen molar-refractivity contribution in [3.63, 3.8) is 0 Å². The lowest BCUT2D eigenvalue weighted by Gasteiger charge is -2.08. The van der Waals surface area contributed by atoms with Crippen LogP contribution in [0.15, 0.2) is 18.2 Å². The smallest absolute Gasteiger partial charge is 0.390 e. The Morgan fingerprint density at radius 2 is 1.94 bits per heavy atom. The van der Waals surface area contributed by atoms with Gasteiger partial charge in [0, 0.05) is 17.8 Å². The van der Waals surface area contributed by atoms with Crippen LogP contribution in [0, 0.1) is 5.82 Å². The molecular weight excluding hydrogens is 240 g/mol. The molecule has 0 aliphatic rings. The molecular formula is C10H10F4N2O. The molecule has 1 aromatic rings. The number of hydrogen-bond acceptors (Lipinski definition) is 2. The molecule has 94 valence electrons. The summed E-state index contributed by atoms with van der Waals surface area (Å²) in [7, 11) is 0. The maximum Gasteiger partial charge on any atom is 0.390 e. The molecule has 0 atom stereocenters. The third-order valence-corrected chi connectivity index (χ3v) is 1.88. The number of nitrogens with one attached hydrogen (secondary N) is 1. The van der Waals surface area contributed by atoms with Gasteiger partial charge >= 0.3 is 6.18 Å². The largest absolute Gasteiger partial charge is 0.399 e. The van der Waals surface area contributed by atoms with E-state index in [1.807, 2.05) is 5.32 Å². The quantitative estimate of drug-likeness (QED) is 0.637. The van der Waals surface area contributed by atoms with Gasteiger partial charge in [-0.15, -0.1) is 0 Å². The van der Waals surface area contributed by atoms with Crippen molar-refractivity contribution in [2.45, 2.75) is 12.6 Å². The third-order valence-electron chi connectivity index (χ3n) is 1.88. The molecule has 1 rings (SSSR count). The monoisotopic (exact) mass is 250 g/mol. The predicted octanol–water partition coefficient (Wildman–Crippen LogP) is 2.09.